The molecule has 0 saturated carbocycles. The highest BCUT2D eigenvalue weighted by molar-refractivity contribution is 7.92. The van der Waals surface area contributed by atoms with Crippen LogP contribution in [0.3, 0.4) is 0 Å². The van der Waals surface area contributed by atoms with Crippen LogP contribution in [0.1, 0.15) is 11.1 Å². The van der Waals surface area contributed by atoms with E-state index >= 15 is 0 Å². The molecule has 0 aliphatic heterocycles. The standard InChI is InChI=1S/C15H16FNO3S/c1-11-3-8-15(9-12(11)10-18)21(19,20)17(2)14-6-4-13(16)5-7-14/h3-9,18H,10H2,1-2H3. The van der Waals surface area contributed by atoms with Crippen LogP contribution < -0.4 is 4.31 Å². The second kappa shape index (κ2) is 5.83. The predicted molar refractivity (Wildman–Crippen MR) is 79.1 cm³/mol. The first-order valence-electron chi connectivity index (χ1n) is 6.31. The van der Waals surface area contributed by atoms with Gasteiger partial charge in [0, 0.05) is 7.05 Å². The number of anilines is 1. The molecular formula is C15H16FNO3S. The van der Waals surface area contributed by atoms with E-state index in [1.54, 1.807) is 13.0 Å². The summed E-state index contributed by atoms with van der Waals surface area (Å²) in [7, 11) is -2.35. The van der Waals surface area contributed by atoms with Gasteiger partial charge in [0.2, 0.25) is 0 Å². The number of halogens is 1. The SMILES string of the molecule is Cc1ccc(S(=O)(=O)N(C)c2ccc(F)cc2)cc1CO. The van der Waals surface area contributed by atoms with Gasteiger partial charge in [-0.1, -0.05) is 6.07 Å². The Morgan fingerprint density at radius 2 is 1.76 bits per heavy atom. The minimum Gasteiger partial charge on any atom is -0.392 e. The van der Waals surface area contributed by atoms with Crippen molar-refractivity contribution in [3.63, 3.8) is 0 Å². The third kappa shape index (κ3) is 3.06. The van der Waals surface area contributed by atoms with E-state index in [0.717, 1.165) is 9.87 Å². The molecule has 0 heterocycles. The van der Waals surface area contributed by atoms with Crippen LogP contribution in [0.5, 0.6) is 0 Å². The minimum atomic E-state index is -3.75. The van der Waals surface area contributed by atoms with Gasteiger partial charge in [-0.3, -0.25) is 4.31 Å². The summed E-state index contributed by atoms with van der Waals surface area (Å²) in [6.45, 7) is 1.57. The van der Waals surface area contributed by atoms with Gasteiger partial charge in [0.05, 0.1) is 17.2 Å². The van der Waals surface area contributed by atoms with Gasteiger partial charge in [0.25, 0.3) is 10.0 Å². The maximum atomic E-state index is 12.9. The largest absolute Gasteiger partial charge is 0.392 e. The van der Waals surface area contributed by atoms with Gasteiger partial charge < -0.3 is 5.11 Å². The van der Waals surface area contributed by atoms with Crippen molar-refractivity contribution in [3.05, 3.63) is 59.4 Å². The second-order valence-corrected chi connectivity index (χ2v) is 6.66. The summed E-state index contributed by atoms with van der Waals surface area (Å²) in [4.78, 5) is 0.0870. The molecule has 0 aliphatic carbocycles. The predicted octanol–water partition coefficient (Wildman–Crippen LogP) is 2.45. The average Bonchev–Trinajstić information content (AvgIpc) is 2.47. The normalized spacial score (nSPS) is 11.4. The van der Waals surface area contributed by atoms with Crippen molar-refractivity contribution < 1.29 is 17.9 Å². The molecule has 0 atom stereocenters. The second-order valence-electron chi connectivity index (χ2n) is 4.70. The molecular weight excluding hydrogens is 293 g/mol. The van der Waals surface area contributed by atoms with E-state index < -0.39 is 15.8 Å². The Kier molecular flexibility index (Phi) is 4.29. The highest BCUT2D eigenvalue weighted by atomic mass is 32.2. The average molecular weight is 309 g/mol. The first kappa shape index (κ1) is 15.5. The van der Waals surface area contributed by atoms with E-state index in [1.807, 2.05) is 0 Å². The van der Waals surface area contributed by atoms with Crippen LogP contribution in [0.2, 0.25) is 0 Å². The van der Waals surface area contributed by atoms with Gasteiger partial charge in [0.15, 0.2) is 0 Å². The first-order chi connectivity index (χ1) is 9.86. The molecule has 0 amide bonds. The van der Waals surface area contributed by atoms with E-state index in [1.165, 1.54) is 43.4 Å². The Morgan fingerprint density at radius 1 is 1.14 bits per heavy atom. The molecule has 4 nitrogen and oxygen atoms in total. The molecule has 2 aromatic carbocycles. The maximum Gasteiger partial charge on any atom is 0.264 e. The Bertz CT molecular complexity index is 742. The van der Waals surface area contributed by atoms with Gasteiger partial charge in [0.1, 0.15) is 5.82 Å². The van der Waals surface area contributed by atoms with E-state index in [2.05, 4.69) is 0 Å². The van der Waals surface area contributed by atoms with Crippen molar-refractivity contribution in [2.24, 2.45) is 0 Å². The molecule has 1 N–H and O–H groups in total. The highest BCUT2D eigenvalue weighted by Crippen LogP contribution is 2.24. The number of benzene rings is 2. The van der Waals surface area contributed by atoms with Gasteiger partial charge in [-0.05, 0) is 54.4 Å². The molecule has 2 rings (SSSR count). The van der Waals surface area contributed by atoms with E-state index in [9.17, 15) is 17.9 Å². The summed E-state index contributed by atoms with van der Waals surface area (Å²) in [6, 6.07) is 9.79. The Balaban J connectivity index is 2.43. The van der Waals surface area contributed by atoms with Crippen LogP contribution in [0, 0.1) is 12.7 Å². The first-order valence-corrected chi connectivity index (χ1v) is 7.75. The summed E-state index contributed by atoms with van der Waals surface area (Å²) < 4.78 is 39.1. The third-order valence-corrected chi connectivity index (χ3v) is 5.12. The zero-order valence-corrected chi connectivity index (χ0v) is 12.6. The summed E-state index contributed by atoms with van der Waals surface area (Å²) >= 11 is 0. The molecule has 0 radical (unpaired) electrons. The monoisotopic (exact) mass is 309 g/mol. The van der Waals surface area contributed by atoms with Crippen LogP contribution in [0.15, 0.2) is 47.4 Å². The number of aliphatic hydroxyl groups is 1. The van der Waals surface area contributed by atoms with Crippen molar-refractivity contribution in [1.82, 2.24) is 0 Å². The lowest BCUT2D eigenvalue weighted by Gasteiger charge is -2.20. The van der Waals surface area contributed by atoms with Crippen molar-refractivity contribution in [2.75, 3.05) is 11.4 Å². The van der Waals surface area contributed by atoms with Crippen molar-refractivity contribution >= 4 is 15.7 Å². The number of hydrogen-bond donors (Lipinski definition) is 1. The van der Waals surface area contributed by atoms with E-state index in [-0.39, 0.29) is 11.5 Å². The maximum absolute atomic E-state index is 12.9. The minimum absolute atomic E-state index is 0.0870. The Hall–Kier alpha value is -1.92. The highest BCUT2D eigenvalue weighted by Gasteiger charge is 2.22. The lowest BCUT2D eigenvalue weighted by molar-refractivity contribution is 0.280. The number of sulfonamides is 1. The van der Waals surface area contributed by atoms with Crippen LogP contribution >= 0.6 is 0 Å². The fourth-order valence-electron chi connectivity index (χ4n) is 1.93. The van der Waals surface area contributed by atoms with Crippen molar-refractivity contribution in [1.29, 1.82) is 0 Å². The Labute approximate surface area is 123 Å². The number of aliphatic hydroxyl groups excluding tert-OH is 1. The van der Waals surface area contributed by atoms with Crippen LogP contribution in [-0.4, -0.2) is 20.6 Å². The fourth-order valence-corrected chi connectivity index (χ4v) is 3.17. The topological polar surface area (TPSA) is 57.6 Å². The summed E-state index contributed by atoms with van der Waals surface area (Å²) in [5.74, 6) is -0.428. The lowest BCUT2D eigenvalue weighted by Crippen LogP contribution is -2.26. The lowest BCUT2D eigenvalue weighted by atomic mass is 10.1. The van der Waals surface area contributed by atoms with Gasteiger partial charge >= 0.3 is 0 Å². The number of nitrogens with zero attached hydrogens (tertiary/aromatic N) is 1. The molecule has 0 fully saturated rings. The van der Waals surface area contributed by atoms with Gasteiger partial charge in [-0.25, -0.2) is 12.8 Å². The van der Waals surface area contributed by atoms with Crippen LogP contribution in [0.4, 0.5) is 10.1 Å². The molecule has 21 heavy (non-hydrogen) atoms. The molecule has 2 aromatic rings. The van der Waals surface area contributed by atoms with Crippen molar-refractivity contribution in [2.45, 2.75) is 18.4 Å². The zero-order chi connectivity index (χ0) is 15.6. The molecule has 0 aliphatic rings. The Morgan fingerprint density at radius 3 is 2.33 bits per heavy atom. The molecule has 0 aromatic heterocycles. The zero-order valence-electron chi connectivity index (χ0n) is 11.7. The van der Waals surface area contributed by atoms with E-state index in [4.69, 9.17) is 0 Å². The smallest absolute Gasteiger partial charge is 0.264 e. The third-order valence-electron chi connectivity index (χ3n) is 3.34. The molecule has 0 unspecified atom stereocenters. The molecule has 6 heteroatoms. The van der Waals surface area contributed by atoms with Crippen molar-refractivity contribution in [3.8, 4) is 0 Å². The summed E-state index contributed by atoms with van der Waals surface area (Å²) in [5, 5.41) is 9.24. The van der Waals surface area contributed by atoms with E-state index in [0.29, 0.717) is 11.3 Å². The fraction of sp³-hybridized carbons (Fsp3) is 0.200. The van der Waals surface area contributed by atoms with Crippen LogP contribution in [-0.2, 0) is 16.6 Å². The number of hydrogen-bond acceptors (Lipinski definition) is 3. The molecule has 0 bridgehead atoms. The van der Waals surface area contributed by atoms with Gasteiger partial charge in [-0.15, -0.1) is 0 Å². The van der Waals surface area contributed by atoms with Gasteiger partial charge in [-0.2, -0.15) is 0 Å². The number of rotatable bonds is 4. The van der Waals surface area contributed by atoms with Crippen LogP contribution in [0.25, 0.3) is 0 Å². The molecule has 112 valence electrons. The molecule has 0 spiro atoms. The summed E-state index contributed by atoms with van der Waals surface area (Å²) in [6.07, 6.45) is 0. The summed E-state index contributed by atoms with van der Waals surface area (Å²) in [5.41, 5.74) is 1.74. The number of aryl methyl sites for hydroxylation is 1. The molecule has 0 saturated heterocycles. The quantitative estimate of drug-likeness (QED) is 0.944.